The van der Waals surface area contributed by atoms with Gasteiger partial charge in [0, 0.05) is 41.5 Å². The van der Waals surface area contributed by atoms with Crippen LogP contribution in [0, 0.1) is 16.0 Å². The molecular weight excluding hydrogens is 328 g/mol. The van der Waals surface area contributed by atoms with Crippen LogP contribution in [0.2, 0.25) is 5.02 Å². The lowest BCUT2D eigenvalue weighted by Crippen LogP contribution is -2.24. The highest BCUT2D eigenvalue weighted by Crippen LogP contribution is 2.28. The summed E-state index contributed by atoms with van der Waals surface area (Å²) in [6, 6.07) is 4.57. The molecule has 1 aromatic carbocycles. The molecule has 1 aliphatic rings. The Bertz CT molecular complexity index is 596. The van der Waals surface area contributed by atoms with Crippen molar-refractivity contribution in [2.45, 2.75) is 19.4 Å². The molecule has 8 heteroatoms. The van der Waals surface area contributed by atoms with E-state index in [9.17, 15) is 19.1 Å². The summed E-state index contributed by atoms with van der Waals surface area (Å²) in [5.74, 6) is 1.82. The van der Waals surface area contributed by atoms with E-state index in [1.807, 2.05) is 0 Å². The van der Waals surface area contributed by atoms with Crippen molar-refractivity contribution in [1.29, 1.82) is 0 Å². The van der Waals surface area contributed by atoms with Crippen molar-refractivity contribution in [3.8, 4) is 0 Å². The molecule has 0 aromatic heterocycles. The maximum Gasteiger partial charge on any atom is 0.288 e. The number of carbonyl (C=O) groups is 1. The highest BCUT2D eigenvalue weighted by Gasteiger charge is 2.22. The smallest absolute Gasteiger partial charge is 0.288 e. The molecule has 0 spiro atoms. The standard InChI is InChI=1S/C14H17ClN2O4S/c15-14-12(2-1-3-13(14)17(19)20)8-16(10-18)6-4-11-5-7-22(21)9-11/h1-3,10-11H,4-9H2. The predicted octanol–water partition coefficient (Wildman–Crippen LogP) is 2.37. The van der Waals surface area contributed by atoms with Gasteiger partial charge in [0.2, 0.25) is 6.41 Å². The maximum atomic E-state index is 11.4. The van der Waals surface area contributed by atoms with Crippen molar-refractivity contribution < 1.29 is 13.9 Å². The van der Waals surface area contributed by atoms with Crippen molar-refractivity contribution in [2.75, 3.05) is 18.1 Å². The van der Waals surface area contributed by atoms with E-state index in [0.717, 1.165) is 25.0 Å². The van der Waals surface area contributed by atoms with Crippen LogP contribution < -0.4 is 0 Å². The molecule has 0 N–H and O–H groups in total. The number of rotatable bonds is 7. The Hall–Kier alpha value is -1.47. The molecule has 0 saturated carbocycles. The monoisotopic (exact) mass is 344 g/mol. The van der Waals surface area contributed by atoms with Crippen LogP contribution in [-0.2, 0) is 22.1 Å². The number of hydrogen-bond donors (Lipinski definition) is 0. The van der Waals surface area contributed by atoms with E-state index < -0.39 is 15.7 Å². The summed E-state index contributed by atoms with van der Waals surface area (Å²) in [6.45, 7) is 0.768. The molecule has 1 aromatic rings. The van der Waals surface area contributed by atoms with Gasteiger partial charge in [-0.2, -0.15) is 0 Å². The molecule has 1 saturated heterocycles. The third-order valence-electron chi connectivity index (χ3n) is 3.78. The molecule has 1 heterocycles. The van der Waals surface area contributed by atoms with E-state index in [0.29, 0.717) is 23.8 Å². The van der Waals surface area contributed by atoms with Gasteiger partial charge in [-0.05, 0) is 24.3 Å². The first-order valence-electron chi connectivity index (χ1n) is 6.97. The number of hydrogen-bond acceptors (Lipinski definition) is 4. The second kappa shape index (κ2) is 7.69. The lowest BCUT2D eigenvalue weighted by Gasteiger charge is -2.19. The molecule has 22 heavy (non-hydrogen) atoms. The van der Waals surface area contributed by atoms with Gasteiger partial charge in [-0.3, -0.25) is 19.1 Å². The van der Waals surface area contributed by atoms with Gasteiger partial charge in [-0.1, -0.05) is 23.7 Å². The molecule has 2 unspecified atom stereocenters. The van der Waals surface area contributed by atoms with Crippen LogP contribution in [-0.4, -0.2) is 38.5 Å². The minimum Gasteiger partial charge on any atom is -0.341 e. The summed E-state index contributed by atoms with van der Waals surface area (Å²) in [6.07, 6.45) is 2.44. The first kappa shape index (κ1) is 16.9. The van der Waals surface area contributed by atoms with E-state index in [2.05, 4.69) is 0 Å². The van der Waals surface area contributed by atoms with Crippen LogP contribution in [0.5, 0.6) is 0 Å². The topological polar surface area (TPSA) is 80.5 Å². The second-order valence-electron chi connectivity index (χ2n) is 5.34. The van der Waals surface area contributed by atoms with Crippen LogP contribution >= 0.6 is 11.6 Å². The van der Waals surface area contributed by atoms with E-state index >= 15 is 0 Å². The van der Waals surface area contributed by atoms with Gasteiger partial charge in [0.25, 0.3) is 5.69 Å². The molecule has 1 aliphatic heterocycles. The fourth-order valence-corrected chi connectivity index (χ4v) is 4.40. The second-order valence-corrected chi connectivity index (χ2v) is 7.34. The van der Waals surface area contributed by atoms with Crippen molar-refractivity contribution in [3.63, 3.8) is 0 Å². The molecule has 2 atom stereocenters. The largest absolute Gasteiger partial charge is 0.341 e. The van der Waals surface area contributed by atoms with Crippen LogP contribution in [0.15, 0.2) is 18.2 Å². The average Bonchev–Trinajstić information content (AvgIpc) is 2.90. The Kier molecular flexibility index (Phi) is 5.90. The normalized spacial score (nSPS) is 20.8. The third-order valence-corrected chi connectivity index (χ3v) is 5.75. The number of halogens is 1. The molecule has 1 fully saturated rings. The zero-order chi connectivity index (χ0) is 16.1. The zero-order valence-corrected chi connectivity index (χ0v) is 13.5. The summed E-state index contributed by atoms with van der Waals surface area (Å²) in [5, 5.41) is 10.9. The van der Waals surface area contributed by atoms with Gasteiger partial charge in [-0.15, -0.1) is 0 Å². The van der Waals surface area contributed by atoms with E-state index in [1.54, 1.807) is 17.0 Å². The number of carbonyl (C=O) groups excluding carboxylic acids is 1. The molecule has 0 bridgehead atoms. The minimum atomic E-state index is -0.722. The molecule has 0 aliphatic carbocycles. The van der Waals surface area contributed by atoms with Gasteiger partial charge >= 0.3 is 0 Å². The van der Waals surface area contributed by atoms with Crippen LogP contribution in [0.4, 0.5) is 5.69 Å². The summed E-state index contributed by atoms with van der Waals surface area (Å²) >= 11 is 6.03. The molecule has 2 rings (SSSR count). The van der Waals surface area contributed by atoms with Gasteiger partial charge in [0.1, 0.15) is 5.02 Å². The predicted molar refractivity (Wildman–Crippen MR) is 85.2 cm³/mol. The fraction of sp³-hybridized carbons (Fsp3) is 0.500. The highest BCUT2D eigenvalue weighted by molar-refractivity contribution is 7.85. The summed E-state index contributed by atoms with van der Waals surface area (Å²) in [4.78, 5) is 23.1. The number of nitro groups is 1. The summed E-state index contributed by atoms with van der Waals surface area (Å²) < 4.78 is 11.4. The number of nitro benzene ring substituents is 1. The van der Waals surface area contributed by atoms with Crippen molar-refractivity contribution >= 4 is 34.5 Å². The SMILES string of the molecule is O=CN(CCC1CCS(=O)C1)Cc1cccc([N+](=O)[O-])c1Cl. The molecule has 120 valence electrons. The first-order chi connectivity index (χ1) is 10.5. The Balaban J connectivity index is 1.98. The van der Waals surface area contributed by atoms with Crippen molar-refractivity contribution in [3.05, 3.63) is 38.9 Å². The number of amides is 1. The third kappa shape index (κ3) is 4.27. The van der Waals surface area contributed by atoms with Crippen LogP contribution in [0.25, 0.3) is 0 Å². The highest BCUT2D eigenvalue weighted by atomic mass is 35.5. The van der Waals surface area contributed by atoms with E-state index in [-0.39, 0.29) is 17.3 Å². The van der Waals surface area contributed by atoms with Gasteiger partial charge in [0.15, 0.2) is 0 Å². The molecule has 6 nitrogen and oxygen atoms in total. The zero-order valence-electron chi connectivity index (χ0n) is 11.9. The average molecular weight is 345 g/mol. The number of nitrogens with zero attached hydrogens (tertiary/aromatic N) is 2. The Morgan fingerprint density at radius 1 is 1.50 bits per heavy atom. The van der Waals surface area contributed by atoms with Gasteiger partial charge < -0.3 is 4.90 Å². The summed E-state index contributed by atoms with van der Waals surface area (Å²) in [7, 11) is -0.722. The molecule has 1 amide bonds. The minimum absolute atomic E-state index is 0.0707. The Labute approximate surface area is 136 Å². The fourth-order valence-electron chi connectivity index (χ4n) is 2.52. The van der Waals surface area contributed by atoms with Crippen molar-refractivity contribution in [1.82, 2.24) is 4.90 Å². The van der Waals surface area contributed by atoms with Crippen LogP contribution in [0.3, 0.4) is 0 Å². The van der Waals surface area contributed by atoms with Gasteiger partial charge in [-0.25, -0.2) is 0 Å². The number of benzene rings is 1. The van der Waals surface area contributed by atoms with E-state index in [4.69, 9.17) is 11.6 Å². The quantitative estimate of drug-likeness (QED) is 0.432. The van der Waals surface area contributed by atoms with Crippen LogP contribution in [0.1, 0.15) is 18.4 Å². The lowest BCUT2D eigenvalue weighted by atomic mass is 10.1. The Morgan fingerprint density at radius 3 is 2.86 bits per heavy atom. The van der Waals surface area contributed by atoms with Gasteiger partial charge in [0.05, 0.1) is 4.92 Å². The maximum absolute atomic E-state index is 11.4. The summed E-state index contributed by atoms with van der Waals surface area (Å²) in [5.41, 5.74) is 0.397. The lowest BCUT2D eigenvalue weighted by molar-refractivity contribution is -0.384. The van der Waals surface area contributed by atoms with Crippen molar-refractivity contribution in [2.24, 2.45) is 5.92 Å². The first-order valence-corrected chi connectivity index (χ1v) is 8.84. The molecular formula is C14H17ClN2O4S. The van der Waals surface area contributed by atoms with E-state index in [1.165, 1.54) is 6.07 Å². The Morgan fingerprint density at radius 2 is 2.27 bits per heavy atom. The molecule has 0 radical (unpaired) electrons.